The van der Waals surface area contributed by atoms with Gasteiger partial charge < -0.3 is 14.5 Å². The molecule has 0 fully saturated rings. The lowest BCUT2D eigenvalue weighted by molar-refractivity contribution is 0.0974. The van der Waals surface area contributed by atoms with Crippen LogP contribution in [0.2, 0.25) is 10.0 Å². The molecule has 4 aromatic rings. The van der Waals surface area contributed by atoms with Crippen LogP contribution >= 0.6 is 35.4 Å². The van der Waals surface area contributed by atoms with Gasteiger partial charge in [0.2, 0.25) is 5.89 Å². The second-order valence-electron chi connectivity index (χ2n) is 8.01. The molecule has 6 nitrogen and oxygen atoms in total. The van der Waals surface area contributed by atoms with Crippen molar-refractivity contribution in [3.05, 3.63) is 75.8 Å². The molecule has 0 spiro atoms. The van der Waals surface area contributed by atoms with Crippen LogP contribution in [0.1, 0.15) is 42.1 Å². The first-order valence-electron chi connectivity index (χ1n) is 10.9. The fourth-order valence-electron chi connectivity index (χ4n) is 3.61. The number of benzene rings is 3. The molecule has 0 bridgehead atoms. The molecular weight excluding hydrogens is 505 g/mol. The summed E-state index contributed by atoms with van der Waals surface area (Å²) >= 11 is 17.5. The van der Waals surface area contributed by atoms with Crippen LogP contribution in [-0.2, 0) is 0 Å². The van der Waals surface area contributed by atoms with Gasteiger partial charge in [-0.05, 0) is 72.6 Å². The lowest BCUT2D eigenvalue weighted by atomic mass is 9.98. The third-order valence-electron chi connectivity index (χ3n) is 5.64. The fraction of sp³-hybridized carbons (Fsp3) is 0.192. The summed E-state index contributed by atoms with van der Waals surface area (Å²) in [5.74, 6) is 0.659. The Kier molecular flexibility index (Phi) is 7.60. The Morgan fingerprint density at radius 3 is 2.71 bits per heavy atom. The van der Waals surface area contributed by atoms with Crippen LogP contribution in [0, 0.1) is 0 Å². The average Bonchev–Trinajstić information content (AvgIpc) is 3.26. The second kappa shape index (κ2) is 10.6. The Hall–Kier alpha value is -3.13. The van der Waals surface area contributed by atoms with Crippen molar-refractivity contribution < 1.29 is 13.9 Å². The van der Waals surface area contributed by atoms with Crippen LogP contribution in [0.3, 0.4) is 0 Å². The van der Waals surface area contributed by atoms with Gasteiger partial charge in [-0.2, -0.15) is 0 Å². The Labute approximate surface area is 218 Å². The van der Waals surface area contributed by atoms with Gasteiger partial charge >= 0.3 is 0 Å². The van der Waals surface area contributed by atoms with E-state index in [9.17, 15) is 4.79 Å². The largest absolute Gasteiger partial charge is 0.494 e. The molecule has 0 unspecified atom stereocenters. The summed E-state index contributed by atoms with van der Waals surface area (Å²) in [5, 5.41) is 6.26. The molecule has 0 saturated heterocycles. The van der Waals surface area contributed by atoms with Crippen molar-refractivity contribution in [2.45, 2.75) is 26.2 Å². The standard InChI is InChI=1S/C26H23Cl2N3O3S/c1-4-14(2)15-8-9-22-21(11-15)30-25(34-22)16-6-5-7-18(10-16)29-26(35)31-24(32)19-12-17(27)13-20(28)23(19)33-3/h5-14H,4H2,1-3H3,(H2,29,31,32,35)/t14-/m1/s1. The number of fused-ring (bicyclic) bond motifs is 1. The number of nitrogens with one attached hydrogen (secondary N) is 2. The highest BCUT2D eigenvalue weighted by molar-refractivity contribution is 7.80. The van der Waals surface area contributed by atoms with E-state index in [0.717, 1.165) is 23.1 Å². The number of aromatic nitrogens is 1. The summed E-state index contributed by atoms with van der Waals surface area (Å²) < 4.78 is 11.2. The third-order valence-corrected chi connectivity index (χ3v) is 6.35. The van der Waals surface area contributed by atoms with Gasteiger partial charge in [-0.1, -0.05) is 49.2 Å². The molecule has 3 aromatic carbocycles. The van der Waals surface area contributed by atoms with Gasteiger partial charge in [0.15, 0.2) is 10.7 Å². The average molecular weight is 528 g/mol. The van der Waals surface area contributed by atoms with Gasteiger partial charge in [-0.3, -0.25) is 10.1 Å². The Bertz CT molecular complexity index is 1420. The van der Waals surface area contributed by atoms with Gasteiger partial charge in [0.1, 0.15) is 11.3 Å². The van der Waals surface area contributed by atoms with Crippen molar-refractivity contribution >= 4 is 63.2 Å². The van der Waals surface area contributed by atoms with Crippen molar-refractivity contribution in [2.75, 3.05) is 12.4 Å². The molecule has 180 valence electrons. The quantitative estimate of drug-likeness (QED) is 0.253. The molecule has 4 rings (SSSR count). The molecule has 0 aliphatic carbocycles. The molecule has 1 aromatic heterocycles. The van der Waals surface area contributed by atoms with E-state index in [2.05, 4.69) is 41.6 Å². The third kappa shape index (κ3) is 5.59. The van der Waals surface area contributed by atoms with Crippen LogP contribution < -0.4 is 15.4 Å². The van der Waals surface area contributed by atoms with Gasteiger partial charge in [0.25, 0.3) is 5.91 Å². The molecule has 35 heavy (non-hydrogen) atoms. The minimum absolute atomic E-state index is 0.0982. The molecular formula is C26H23Cl2N3O3S. The highest BCUT2D eigenvalue weighted by Gasteiger charge is 2.18. The minimum atomic E-state index is -0.504. The number of hydrogen-bond acceptors (Lipinski definition) is 5. The second-order valence-corrected chi connectivity index (χ2v) is 9.26. The zero-order chi connectivity index (χ0) is 25.1. The van der Waals surface area contributed by atoms with E-state index < -0.39 is 5.91 Å². The van der Waals surface area contributed by atoms with E-state index in [-0.39, 0.29) is 21.4 Å². The number of halogens is 2. The monoisotopic (exact) mass is 527 g/mol. The topological polar surface area (TPSA) is 76.4 Å². The van der Waals surface area contributed by atoms with Crippen LogP contribution in [0.5, 0.6) is 5.75 Å². The molecule has 0 aliphatic heterocycles. The number of carbonyl (C=O) groups is 1. The van der Waals surface area contributed by atoms with Gasteiger partial charge in [-0.15, -0.1) is 0 Å². The number of thiocarbonyl (C=S) groups is 1. The van der Waals surface area contributed by atoms with Crippen molar-refractivity contribution in [3.63, 3.8) is 0 Å². The number of ether oxygens (including phenoxy) is 1. The fourth-order valence-corrected chi connectivity index (χ4v) is 4.39. The van der Waals surface area contributed by atoms with E-state index >= 15 is 0 Å². The van der Waals surface area contributed by atoms with E-state index in [1.165, 1.54) is 24.8 Å². The first kappa shape index (κ1) is 25.0. The zero-order valence-electron chi connectivity index (χ0n) is 19.3. The number of oxazole rings is 1. The van der Waals surface area contributed by atoms with Gasteiger partial charge in [-0.25, -0.2) is 4.98 Å². The van der Waals surface area contributed by atoms with Crippen LogP contribution in [0.4, 0.5) is 5.69 Å². The molecule has 0 aliphatic rings. The van der Waals surface area contributed by atoms with Gasteiger partial charge in [0.05, 0.1) is 17.7 Å². The van der Waals surface area contributed by atoms with Crippen molar-refractivity contribution in [1.29, 1.82) is 0 Å². The lowest BCUT2D eigenvalue weighted by Gasteiger charge is -2.13. The number of rotatable bonds is 6. The van der Waals surface area contributed by atoms with E-state index in [1.54, 1.807) is 0 Å². The zero-order valence-corrected chi connectivity index (χ0v) is 21.6. The number of carbonyl (C=O) groups excluding carboxylic acids is 1. The molecule has 0 saturated carbocycles. The van der Waals surface area contributed by atoms with E-state index in [0.29, 0.717) is 22.5 Å². The first-order chi connectivity index (χ1) is 16.8. The predicted octanol–water partition coefficient (Wildman–Crippen LogP) is 7.45. The summed E-state index contributed by atoms with van der Waals surface area (Å²) in [6.07, 6.45) is 1.05. The number of anilines is 1. The summed E-state index contributed by atoms with van der Waals surface area (Å²) in [6, 6.07) is 16.5. The summed E-state index contributed by atoms with van der Waals surface area (Å²) in [7, 11) is 1.42. The van der Waals surface area contributed by atoms with Gasteiger partial charge in [0, 0.05) is 16.3 Å². The summed E-state index contributed by atoms with van der Waals surface area (Å²) in [6.45, 7) is 4.35. The number of hydrogen-bond donors (Lipinski definition) is 2. The van der Waals surface area contributed by atoms with Crippen molar-refractivity contribution in [3.8, 4) is 17.2 Å². The maximum Gasteiger partial charge on any atom is 0.261 e. The predicted molar refractivity (Wildman–Crippen MR) is 145 cm³/mol. The van der Waals surface area contributed by atoms with Crippen molar-refractivity contribution in [2.24, 2.45) is 0 Å². The molecule has 1 amide bonds. The summed E-state index contributed by atoms with van der Waals surface area (Å²) in [4.78, 5) is 17.4. The maximum atomic E-state index is 12.8. The normalized spacial score (nSPS) is 11.8. The molecule has 2 N–H and O–H groups in total. The molecule has 0 radical (unpaired) electrons. The Morgan fingerprint density at radius 2 is 1.97 bits per heavy atom. The Morgan fingerprint density at radius 1 is 1.17 bits per heavy atom. The van der Waals surface area contributed by atoms with Crippen LogP contribution in [0.25, 0.3) is 22.6 Å². The minimum Gasteiger partial charge on any atom is -0.494 e. The smallest absolute Gasteiger partial charge is 0.261 e. The van der Waals surface area contributed by atoms with E-state index in [1.807, 2.05) is 30.3 Å². The SMILES string of the molecule is CC[C@@H](C)c1ccc2oc(-c3cccc(NC(=S)NC(=O)c4cc(Cl)cc(Cl)c4OC)c3)nc2c1. The highest BCUT2D eigenvalue weighted by Crippen LogP contribution is 2.32. The lowest BCUT2D eigenvalue weighted by Crippen LogP contribution is -2.34. The molecule has 9 heteroatoms. The summed E-state index contributed by atoms with van der Waals surface area (Å²) in [5.41, 5.74) is 4.37. The van der Waals surface area contributed by atoms with Crippen molar-refractivity contribution in [1.82, 2.24) is 10.3 Å². The highest BCUT2D eigenvalue weighted by atomic mass is 35.5. The molecule has 1 atom stereocenters. The molecule has 1 heterocycles. The number of methoxy groups -OCH3 is 1. The van der Waals surface area contributed by atoms with Crippen LogP contribution in [-0.4, -0.2) is 23.1 Å². The maximum absolute atomic E-state index is 12.8. The number of nitrogens with zero attached hydrogens (tertiary/aromatic N) is 1. The van der Waals surface area contributed by atoms with Crippen LogP contribution in [0.15, 0.2) is 59.0 Å². The van der Waals surface area contributed by atoms with E-state index in [4.69, 9.17) is 44.6 Å². The first-order valence-corrected chi connectivity index (χ1v) is 12.1. The Balaban J connectivity index is 1.51. The number of amides is 1.